The molecule has 2 heterocycles. The molecule has 3 fully saturated rings. The molecule has 0 aromatic rings. The molecule has 2 N–H and O–H groups in total. The van der Waals surface area contributed by atoms with E-state index in [4.69, 9.17) is 0 Å². The quantitative estimate of drug-likeness (QED) is 0.762. The van der Waals surface area contributed by atoms with Crippen LogP contribution < -0.4 is 10.6 Å². The molecule has 5 nitrogen and oxygen atoms in total. The molecule has 0 spiro atoms. The molecule has 0 aromatic carbocycles. The van der Waals surface area contributed by atoms with E-state index in [1.165, 1.54) is 25.9 Å². The molecule has 5 heteroatoms. The Labute approximate surface area is 122 Å². The van der Waals surface area contributed by atoms with Crippen LogP contribution in [-0.4, -0.2) is 73.1 Å². The van der Waals surface area contributed by atoms with Gasteiger partial charge >= 0.3 is 0 Å². The van der Waals surface area contributed by atoms with Gasteiger partial charge in [0.1, 0.15) is 0 Å². The summed E-state index contributed by atoms with van der Waals surface area (Å²) in [7, 11) is 0. The third-order valence-electron chi connectivity index (χ3n) is 4.94. The van der Waals surface area contributed by atoms with Crippen molar-refractivity contribution >= 4 is 5.91 Å². The number of piperidine rings is 1. The molecule has 2 saturated heterocycles. The molecule has 1 aliphatic carbocycles. The zero-order valence-electron chi connectivity index (χ0n) is 12.6. The van der Waals surface area contributed by atoms with Gasteiger partial charge in [0.2, 0.25) is 5.91 Å². The van der Waals surface area contributed by atoms with Gasteiger partial charge in [0.15, 0.2) is 0 Å². The Morgan fingerprint density at radius 1 is 1.20 bits per heavy atom. The summed E-state index contributed by atoms with van der Waals surface area (Å²) in [4.78, 5) is 17.0. The summed E-state index contributed by atoms with van der Waals surface area (Å²) in [5, 5.41) is 6.60. The second kappa shape index (κ2) is 6.41. The maximum Gasteiger partial charge on any atom is 0.234 e. The first kappa shape index (κ1) is 14.3. The Morgan fingerprint density at radius 2 is 1.95 bits per heavy atom. The highest BCUT2D eigenvalue weighted by Gasteiger charge is 2.32. The summed E-state index contributed by atoms with van der Waals surface area (Å²) in [6.45, 7) is 8.05. The average Bonchev–Trinajstić information content (AvgIpc) is 3.27. The van der Waals surface area contributed by atoms with Gasteiger partial charge in [-0.15, -0.1) is 0 Å². The molecular formula is C15H28N4O. The molecule has 0 aromatic heterocycles. The van der Waals surface area contributed by atoms with E-state index in [1.54, 1.807) is 0 Å². The van der Waals surface area contributed by atoms with Crippen LogP contribution in [0.2, 0.25) is 0 Å². The highest BCUT2D eigenvalue weighted by molar-refractivity contribution is 5.78. The number of carbonyl (C=O) groups excluding carboxylic acids is 1. The highest BCUT2D eigenvalue weighted by Crippen LogP contribution is 2.29. The van der Waals surface area contributed by atoms with Crippen LogP contribution >= 0.6 is 0 Å². The smallest absolute Gasteiger partial charge is 0.234 e. The second-order valence-corrected chi connectivity index (χ2v) is 6.63. The zero-order chi connectivity index (χ0) is 13.9. The number of amides is 1. The van der Waals surface area contributed by atoms with E-state index < -0.39 is 0 Å². The SMILES string of the molecule is C[C@H]1CNCCN1CC(=O)NC1CCN(C2CC2)CC1. The van der Waals surface area contributed by atoms with Crippen LogP contribution in [0.1, 0.15) is 32.6 Å². The molecule has 1 atom stereocenters. The molecule has 1 amide bonds. The van der Waals surface area contributed by atoms with Crippen LogP contribution in [0.15, 0.2) is 0 Å². The van der Waals surface area contributed by atoms with Crippen molar-refractivity contribution in [3.05, 3.63) is 0 Å². The van der Waals surface area contributed by atoms with E-state index >= 15 is 0 Å². The van der Waals surface area contributed by atoms with E-state index in [0.29, 0.717) is 18.6 Å². The van der Waals surface area contributed by atoms with Crippen LogP contribution in [0.4, 0.5) is 0 Å². The first-order chi connectivity index (χ1) is 9.72. The predicted octanol–water partition coefficient (Wildman–Crippen LogP) is 0.0231. The van der Waals surface area contributed by atoms with Crippen molar-refractivity contribution in [2.24, 2.45) is 0 Å². The lowest BCUT2D eigenvalue weighted by atomic mass is 10.0. The summed E-state index contributed by atoms with van der Waals surface area (Å²) in [6.07, 6.45) is 5.02. The number of hydrogen-bond donors (Lipinski definition) is 2. The minimum absolute atomic E-state index is 0.212. The summed E-state index contributed by atoms with van der Waals surface area (Å²) in [5.74, 6) is 0.212. The zero-order valence-corrected chi connectivity index (χ0v) is 12.6. The van der Waals surface area contributed by atoms with Crippen molar-refractivity contribution in [2.45, 2.75) is 50.7 Å². The topological polar surface area (TPSA) is 47.6 Å². The monoisotopic (exact) mass is 280 g/mol. The number of likely N-dealkylation sites (tertiary alicyclic amines) is 1. The molecule has 3 rings (SSSR count). The maximum absolute atomic E-state index is 12.2. The average molecular weight is 280 g/mol. The minimum atomic E-state index is 0.212. The number of nitrogens with zero attached hydrogens (tertiary/aromatic N) is 2. The first-order valence-electron chi connectivity index (χ1n) is 8.20. The van der Waals surface area contributed by atoms with Crippen molar-refractivity contribution < 1.29 is 4.79 Å². The summed E-state index contributed by atoms with van der Waals surface area (Å²) in [5.41, 5.74) is 0. The number of nitrogens with one attached hydrogen (secondary N) is 2. The summed E-state index contributed by atoms with van der Waals surface area (Å²) < 4.78 is 0. The van der Waals surface area contributed by atoms with Gasteiger partial charge in [0.05, 0.1) is 6.54 Å². The first-order valence-corrected chi connectivity index (χ1v) is 8.20. The van der Waals surface area contributed by atoms with Gasteiger partial charge < -0.3 is 15.5 Å². The van der Waals surface area contributed by atoms with E-state index in [1.807, 2.05) is 0 Å². The lowest BCUT2D eigenvalue weighted by Gasteiger charge is -2.35. The van der Waals surface area contributed by atoms with E-state index in [2.05, 4.69) is 27.4 Å². The van der Waals surface area contributed by atoms with Crippen LogP contribution in [0.3, 0.4) is 0 Å². The van der Waals surface area contributed by atoms with Gasteiger partial charge in [-0.25, -0.2) is 0 Å². The molecule has 0 radical (unpaired) electrons. The van der Waals surface area contributed by atoms with Gasteiger partial charge in [-0.1, -0.05) is 0 Å². The van der Waals surface area contributed by atoms with Crippen molar-refractivity contribution in [2.75, 3.05) is 39.3 Å². The fourth-order valence-electron chi connectivity index (χ4n) is 3.42. The lowest BCUT2D eigenvalue weighted by Crippen LogP contribution is -2.54. The lowest BCUT2D eigenvalue weighted by molar-refractivity contribution is -0.124. The molecule has 20 heavy (non-hydrogen) atoms. The van der Waals surface area contributed by atoms with Gasteiger partial charge in [-0.2, -0.15) is 0 Å². The summed E-state index contributed by atoms with van der Waals surface area (Å²) >= 11 is 0. The fourth-order valence-corrected chi connectivity index (χ4v) is 3.42. The van der Waals surface area contributed by atoms with Gasteiger partial charge in [-0.3, -0.25) is 9.69 Å². The number of hydrogen-bond acceptors (Lipinski definition) is 4. The predicted molar refractivity (Wildman–Crippen MR) is 79.7 cm³/mol. The van der Waals surface area contributed by atoms with Gasteiger partial charge in [-0.05, 0) is 32.6 Å². The normalized spacial score (nSPS) is 30.4. The molecular weight excluding hydrogens is 252 g/mol. The number of rotatable bonds is 4. The molecule has 0 unspecified atom stereocenters. The molecule has 2 aliphatic heterocycles. The van der Waals surface area contributed by atoms with E-state index in [9.17, 15) is 4.79 Å². The number of piperazine rings is 1. The van der Waals surface area contributed by atoms with Crippen molar-refractivity contribution in [3.8, 4) is 0 Å². The van der Waals surface area contributed by atoms with Crippen LogP contribution in [0.5, 0.6) is 0 Å². The van der Waals surface area contributed by atoms with E-state index in [0.717, 1.165) is 38.5 Å². The molecule has 114 valence electrons. The Hall–Kier alpha value is -0.650. The Kier molecular flexibility index (Phi) is 4.58. The van der Waals surface area contributed by atoms with Gasteiger partial charge in [0.25, 0.3) is 0 Å². The highest BCUT2D eigenvalue weighted by atomic mass is 16.2. The second-order valence-electron chi connectivity index (χ2n) is 6.63. The molecule has 1 saturated carbocycles. The Balaban J connectivity index is 1.38. The van der Waals surface area contributed by atoms with E-state index in [-0.39, 0.29) is 5.91 Å². The van der Waals surface area contributed by atoms with Crippen LogP contribution in [0, 0.1) is 0 Å². The third kappa shape index (κ3) is 3.71. The molecule has 3 aliphatic rings. The Morgan fingerprint density at radius 3 is 2.60 bits per heavy atom. The largest absolute Gasteiger partial charge is 0.352 e. The van der Waals surface area contributed by atoms with Crippen molar-refractivity contribution in [1.29, 1.82) is 0 Å². The fraction of sp³-hybridized carbons (Fsp3) is 0.933. The van der Waals surface area contributed by atoms with Gasteiger partial charge in [0, 0.05) is 50.8 Å². The van der Waals surface area contributed by atoms with Crippen molar-refractivity contribution in [3.63, 3.8) is 0 Å². The molecule has 0 bridgehead atoms. The standard InChI is InChI=1S/C15H28N4O/c1-12-10-16-6-9-19(12)11-15(20)17-13-4-7-18(8-5-13)14-2-3-14/h12-14,16H,2-11H2,1H3,(H,17,20)/t12-/m0/s1. The third-order valence-corrected chi connectivity index (χ3v) is 4.94. The van der Waals surface area contributed by atoms with Crippen molar-refractivity contribution in [1.82, 2.24) is 20.4 Å². The van der Waals surface area contributed by atoms with Crippen LogP contribution in [0.25, 0.3) is 0 Å². The minimum Gasteiger partial charge on any atom is -0.352 e. The summed E-state index contributed by atoms with van der Waals surface area (Å²) in [6, 6.07) is 1.73. The number of carbonyl (C=O) groups is 1. The Bertz CT molecular complexity index is 337. The maximum atomic E-state index is 12.2. The van der Waals surface area contributed by atoms with Crippen LogP contribution in [-0.2, 0) is 4.79 Å².